The van der Waals surface area contributed by atoms with Gasteiger partial charge in [-0.3, -0.25) is 14.4 Å². The first-order valence-corrected chi connectivity index (χ1v) is 11.0. The first kappa shape index (κ1) is 26.8. The van der Waals surface area contributed by atoms with Gasteiger partial charge in [-0.25, -0.2) is 4.79 Å². The summed E-state index contributed by atoms with van der Waals surface area (Å²) in [4.78, 5) is 48.7. The van der Waals surface area contributed by atoms with Crippen molar-refractivity contribution in [3.05, 3.63) is 35.9 Å². The summed E-state index contributed by atoms with van der Waals surface area (Å²) in [5, 5.41) is 16.5. The normalized spacial score (nSPS) is 14.8. The Labute approximate surface area is 192 Å². The molecule has 1 aromatic rings. The van der Waals surface area contributed by atoms with E-state index < -0.39 is 47.9 Å². The summed E-state index contributed by atoms with van der Waals surface area (Å²) in [6.45, 7) is 3.48. The van der Waals surface area contributed by atoms with Gasteiger partial charge in [0.15, 0.2) is 0 Å². The number of hydrogen-bond donors (Lipinski definition) is 7. The summed E-state index contributed by atoms with van der Waals surface area (Å²) in [6.07, 6.45) is 0.307. The molecule has 4 unspecified atom stereocenters. The van der Waals surface area contributed by atoms with E-state index in [1.54, 1.807) is 13.8 Å². The van der Waals surface area contributed by atoms with Crippen LogP contribution in [0.15, 0.2) is 30.3 Å². The lowest BCUT2D eigenvalue weighted by Crippen LogP contribution is -2.59. The summed E-state index contributed by atoms with van der Waals surface area (Å²) in [6, 6.07) is 5.16. The van der Waals surface area contributed by atoms with Crippen molar-refractivity contribution in [2.75, 3.05) is 11.5 Å². The first-order chi connectivity index (χ1) is 14.6. The predicted molar refractivity (Wildman–Crippen MR) is 124 cm³/mol. The SMILES string of the molecule is CC(C)C(NC(=O)C(N)Cc1ccccc1)C(=O)NC(CS)C(=O)NC(CS)C(=O)O. The number of thiol groups is 2. The minimum absolute atomic E-state index is 0.0667. The Morgan fingerprint density at radius 2 is 1.45 bits per heavy atom. The van der Waals surface area contributed by atoms with Crippen LogP contribution in [-0.4, -0.2) is 64.5 Å². The Morgan fingerprint density at radius 3 is 1.94 bits per heavy atom. The molecule has 0 spiro atoms. The molecule has 1 rings (SSSR count). The molecule has 0 bridgehead atoms. The maximum absolute atomic E-state index is 12.8. The number of benzene rings is 1. The predicted octanol–water partition coefficient (Wildman–Crippen LogP) is -0.389. The van der Waals surface area contributed by atoms with Gasteiger partial charge in [-0.2, -0.15) is 25.3 Å². The molecule has 6 N–H and O–H groups in total. The van der Waals surface area contributed by atoms with Gasteiger partial charge in [-0.1, -0.05) is 44.2 Å². The molecule has 4 atom stereocenters. The van der Waals surface area contributed by atoms with Crippen molar-refractivity contribution in [1.82, 2.24) is 16.0 Å². The summed E-state index contributed by atoms with van der Waals surface area (Å²) in [7, 11) is 0. The van der Waals surface area contributed by atoms with Gasteiger partial charge < -0.3 is 26.8 Å². The van der Waals surface area contributed by atoms with E-state index in [-0.39, 0.29) is 17.4 Å². The number of nitrogens with one attached hydrogen (secondary N) is 3. The van der Waals surface area contributed by atoms with Crippen molar-refractivity contribution in [3.8, 4) is 0 Å². The molecule has 172 valence electrons. The first-order valence-electron chi connectivity index (χ1n) is 9.75. The Hall–Kier alpha value is -2.24. The molecule has 0 heterocycles. The molecule has 0 saturated carbocycles. The van der Waals surface area contributed by atoms with E-state index in [1.165, 1.54) is 0 Å². The maximum atomic E-state index is 12.8. The summed E-state index contributed by atoms with van der Waals surface area (Å²) in [5.41, 5.74) is 6.88. The molecular formula is C20H30N4O5S2. The number of amides is 3. The van der Waals surface area contributed by atoms with Crippen molar-refractivity contribution >= 4 is 48.9 Å². The summed E-state index contributed by atoms with van der Waals surface area (Å²) >= 11 is 7.95. The molecule has 0 aliphatic carbocycles. The van der Waals surface area contributed by atoms with Crippen LogP contribution < -0.4 is 21.7 Å². The third-order valence-electron chi connectivity index (χ3n) is 4.49. The minimum atomic E-state index is -1.24. The average molecular weight is 471 g/mol. The number of hydrogen-bond acceptors (Lipinski definition) is 7. The minimum Gasteiger partial charge on any atom is -0.480 e. The molecule has 0 saturated heterocycles. The van der Waals surface area contributed by atoms with E-state index in [0.717, 1.165) is 5.56 Å². The second kappa shape index (κ2) is 13.2. The van der Waals surface area contributed by atoms with Crippen LogP contribution in [0.4, 0.5) is 0 Å². The number of carbonyl (C=O) groups excluding carboxylic acids is 3. The number of aliphatic carboxylic acids is 1. The van der Waals surface area contributed by atoms with Crippen LogP contribution in [0.2, 0.25) is 0 Å². The highest BCUT2D eigenvalue weighted by Gasteiger charge is 2.30. The Morgan fingerprint density at radius 1 is 0.903 bits per heavy atom. The lowest BCUT2D eigenvalue weighted by Gasteiger charge is -2.26. The van der Waals surface area contributed by atoms with Gasteiger partial charge >= 0.3 is 5.97 Å². The fourth-order valence-electron chi connectivity index (χ4n) is 2.67. The van der Waals surface area contributed by atoms with E-state index in [2.05, 4.69) is 41.2 Å². The molecule has 9 nitrogen and oxygen atoms in total. The van der Waals surface area contributed by atoms with Gasteiger partial charge in [-0.15, -0.1) is 0 Å². The maximum Gasteiger partial charge on any atom is 0.327 e. The molecule has 31 heavy (non-hydrogen) atoms. The summed E-state index contributed by atoms with van der Waals surface area (Å²) in [5.74, 6) is -3.51. The molecule has 0 aliphatic heterocycles. The zero-order valence-corrected chi connectivity index (χ0v) is 19.2. The van der Waals surface area contributed by atoms with Crippen molar-refractivity contribution in [1.29, 1.82) is 0 Å². The van der Waals surface area contributed by atoms with Crippen LogP contribution in [0.25, 0.3) is 0 Å². The number of carbonyl (C=O) groups is 4. The van der Waals surface area contributed by atoms with Crippen molar-refractivity contribution in [3.63, 3.8) is 0 Å². The number of nitrogens with two attached hydrogens (primary N) is 1. The monoisotopic (exact) mass is 470 g/mol. The second-order valence-electron chi connectivity index (χ2n) is 7.35. The van der Waals surface area contributed by atoms with E-state index in [0.29, 0.717) is 6.42 Å². The van der Waals surface area contributed by atoms with Crippen molar-refractivity contribution in [2.24, 2.45) is 11.7 Å². The average Bonchev–Trinajstić information content (AvgIpc) is 2.73. The summed E-state index contributed by atoms with van der Waals surface area (Å²) < 4.78 is 0. The van der Waals surface area contributed by atoms with Gasteiger partial charge in [0, 0.05) is 11.5 Å². The molecular weight excluding hydrogens is 440 g/mol. The second-order valence-corrected chi connectivity index (χ2v) is 8.08. The third kappa shape index (κ3) is 8.80. The molecule has 0 radical (unpaired) electrons. The molecule has 0 aliphatic rings. The van der Waals surface area contributed by atoms with Gasteiger partial charge in [0.2, 0.25) is 17.7 Å². The Balaban J connectivity index is 2.77. The lowest BCUT2D eigenvalue weighted by atomic mass is 10.0. The van der Waals surface area contributed by atoms with Crippen molar-refractivity contribution in [2.45, 2.75) is 44.4 Å². The fraction of sp³-hybridized carbons (Fsp3) is 0.500. The number of rotatable bonds is 12. The van der Waals surface area contributed by atoms with Crippen LogP contribution in [0.3, 0.4) is 0 Å². The van der Waals surface area contributed by atoms with E-state index in [4.69, 9.17) is 10.8 Å². The molecule has 3 amide bonds. The zero-order valence-electron chi connectivity index (χ0n) is 17.4. The fourth-order valence-corrected chi connectivity index (χ4v) is 3.17. The Kier molecular flexibility index (Phi) is 11.4. The van der Waals surface area contributed by atoms with Crippen LogP contribution in [0.5, 0.6) is 0 Å². The van der Waals surface area contributed by atoms with Gasteiger partial charge in [0.05, 0.1) is 6.04 Å². The topological polar surface area (TPSA) is 151 Å². The highest BCUT2D eigenvalue weighted by Crippen LogP contribution is 2.06. The molecule has 11 heteroatoms. The molecule has 0 aromatic heterocycles. The number of carboxylic acid groups (broad SMARTS) is 1. The smallest absolute Gasteiger partial charge is 0.327 e. The van der Waals surface area contributed by atoms with Gasteiger partial charge in [0.25, 0.3) is 0 Å². The van der Waals surface area contributed by atoms with Crippen LogP contribution in [0.1, 0.15) is 19.4 Å². The highest BCUT2D eigenvalue weighted by molar-refractivity contribution is 7.80. The van der Waals surface area contributed by atoms with Crippen LogP contribution in [0, 0.1) is 5.92 Å². The Bertz CT molecular complexity index is 763. The van der Waals surface area contributed by atoms with Gasteiger partial charge in [0.1, 0.15) is 18.1 Å². The third-order valence-corrected chi connectivity index (χ3v) is 5.23. The van der Waals surface area contributed by atoms with E-state index >= 15 is 0 Å². The number of carboxylic acids is 1. The van der Waals surface area contributed by atoms with Gasteiger partial charge in [-0.05, 0) is 17.9 Å². The van der Waals surface area contributed by atoms with E-state index in [1.807, 2.05) is 30.3 Å². The zero-order chi connectivity index (χ0) is 23.6. The standard InChI is InChI=1S/C20H30N4O5S2/c1-11(2)16(24-17(25)13(21)8-12-6-4-3-5-7-12)19(27)22-14(9-30)18(26)23-15(10-31)20(28)29/h3-7,11,13-16,30-31H,8-10,21H2,1-2H3,(H,22,27)(H,23,26)(H,24,25)(H,28,29). The lowest BCUT2D eigenvalue weighted by molar-refractivity contribution is -0.141. The quantitative estimate of drug-likeness (QED) is 0.207. The van der Waals surface area contributed by atoms with Crippen molar-refractivity contribution < 1.29 is 24.3 Å². The largest absolute Gasteiger partial charge is 0.480 e. The molecule has 1 aromatic carbocycles. The van der Waals surface area contributed by atoms with Crippen LogP contribution >= 0.6 is 25.3 Å². The molecule has 0 fully saturated rings. The van der Waals surface area contributed by atoms with E-state index in [9.17, 15) is 19.2 Å². The van der Waals surface area contributed by atoms with Crippen LogP contribution in [-0.2, 0) is 25.6 Å². The highest BCUT2D eigenvalue weighted by atomic mass is 32.1.